The number of nitrogens with zero attached hydrogens (tertiary/aromatic N) is 2. The van der Waals surface area contributed by atoms with Gasteiger partial charge in [0.2, 0.25) is 5.91 Å². The molecule has 4 amide bonds. The SMILES string of the molecule is C[C@@]1(c2cccnc2)NC(=O)N(CC(=O)NCc2cccs2)C1=O. The Hall–Kier alpha value is -2.74. The molecule has 0 spiro atoms. The van der Waals surface area contributed by atoms with Gasteiger partial charge in [0.15, 0.2) is 0 Å². The molecule has 1 atom stereocenters. The van der Waals surface area contributed by atoms with Crippen LogP contribution in [0.3, 0.4) is 0 Å². The van der Waals surface area contributed by atoms with Gasteiger partial charge in [0.25, 0.3) is 5.91 Å². The third kappa shape index (κ3) is 3.00. The number of carbonyl (C=O) groups is 3. The van der Waals surface area contributed by atoms with Gasteiger partial charge in [-0.05, 0) is 24.4 Å². The molecule has 0 radical (unpaired) electrons. The van der Waals surface area contributed by atoms with Gasteiger partial charge in [-0.3, -0.25) is 19.5 Å². The highest BCUT2D eigenvalue weighted by atomic mass is 32.1. The molecular formula is C16H16N4O3S. The second kappa shape index (κ2) is 6.40. The molecule has 0 aliphatic carbocycles. The number of rotatable bonds is 5. The van der Waals surface area contributed by atoms with Gasteiger partial charge in [0, 0.05) is 22.8 Å². The van der Waals surface area contributed by atoms with E-state index in [-0.39, 0.29) is 12.5 Å². The lowest BCUT2D eigenvalue weighted by Gasteiger charge is -2.21. The van der Waals surface area contributed by atoms with Crippen molar-refractivity contribution in [3.8, 4) is 0 Å². The van der Waals surface area contributed by atoms with Crippen LogP contribution < -0.4 is 10.6 Å². The van der Waals surface area contributed by atoms with E-state index in [1.165, 1.54) is 17.5 Å². The van der Waals surface area contributed by atoms with E-state index >= 15 is 0 Å². The van der Waals surface area contributed by atoms with E-state index in [0.717, 1.165) is 9.78 Å². The fourth-order valence-electron chi connectivity index (χ4n) is 2.49. The molecule has 8 heteroatoms. The molecule has 2 N–H and O–H groups in total. The molecule has 1 saturated heterocycles. The maximum Gasteiger partial charge on any atom is 0.325 e. The number of imide groups is 1. The quantitative estimate of drug-likeness (QED) is 0.798. The maximum atomic E-state index is 12.6. The van der Waals surface area contributed by atoms with Gasteiger partial charge in [0.05, 0.1) is 6.54 Å². The van der Waals surface area contributed by atoms with Crippen molar-refractivity contribution in [2.24, 2.45) is 0 Å². The summed E-state index contributed by atoms with van der Waals surface area (Å²) in [5, 5.41) is 7.26. The van der Waals surface area contributed by atoms with Crippen molar-refractivity contribution >= 4 is 29.2 Å². The number of amides is 4. The van der Waals surface area contributed by atoms with Crippen LogP contribution in [-0.2, 0) is 21.7 Å². The van der Waals surface area contributed by atoms with Gasteiger partial charge in [0.1, 0.15) is 12.1 Å². The van der Waals surface area contributed by atoms with E-state index in [1.807, 2.05) is 17.5 Å². The Morgan fingerprint density at radius 3 is 2.88 bits per heavy atom. The van der Waals surface area contributed by atoms with Gasteiger partial charge in [-0.1, -0.05) is 12.1 Å². The number of carbonyl (C=O) groups excluding carboxylic acids is 3. The second-order valence-corrected chi connectivity index (χ2v) is 6.58. The maximum absolute atomic E-state index is 12.6. The third-order valence-corrected chi connectivity index (χ3v) is 4.73. The average molecular weight is 344 g/mol. The summed E-state index contributed by atoms with van der Waals surface area (Å²) in [5.74, 6) is -0.853. The first kappa shape index (κ1) is 16.1. The molecule has 24 heavy (non-hydrogen) atoms. The monoisotopic (exact) mass is 344 g/mol. The summed E-state index contributed by atoms with van der Waals surface area (Å²) in [4.78, 5) is 42.7. The van der Waals surface area contributed by atoms with Gasteiger partial charge < -0.3 is 10.6 Å². The highest BCUT2D eigenvalue weighted by molar-refractivity contribution is 7.09. The molecule has 3 rings (SSSR count). The Balaban J connectivity index is 1.67. The summed E-state index contributed by atoms with van der Waals surface area (Å²) < 4.78 is 0. The summed E-state index contributed by atoms with van der Waals surface area (Å²) in [5.41, 5.74) is -0.635. The predicted octanol–water partition coefficient (Wildman–Crippen LogP) is 1.23. The zero-order valence-electron chi connectivity index (χ0n) is 13.0. The molecule has 1 fully saturated rings. The Bertz CT molecular complexity index is 763. The minimum Gasteiger partial charge on any atom is -0.350 e. The van der Waals surface area contributed by atoms with E-state index in [0.29, 0.717) is 12.1 Å². The summed E-state index contributed by atoms with van der Waals surface area (Å²) in [6.07, 6.45) is 3.11. The molecule has 3 heterocycles. The fourth-order valence-corrected chi connectivity index (χ4v) is 3.14. The summed E-state index contributed by atoms with van der Waals surface area (Å²) in [6.45, 7) is 1.67. The van der Waals surface area contributed by atoms with E-state index in [4.69, 9.17) is 0 Å². The van der Waals surface area contributed by atoms with Crippen molar-refractivity contribution in [2.75, 3.05) is 6.54 Å². The van der Waals surface area contributed by atoms with E-state index in [1.54, 1.807) is 25.3 Å². The molecule has 0 bridgehead atoms. The topological polar surface area (TPSA) is 91.4 Å². The number of urea groups is 1. The molecule has 0 saturated carbocycles. The van der Waals surface area contributed by atoms with Crippen molar-refractivity contribution in [1.29, 1.82) is 0 Å². The molecular weight excluding hydrogens is 328 g/mol. The number of hydrogen-bond donors (Lipinski definition) is 2. The Labute approximate surface area is 142 Å². The molecule has 1 aliphatic heterocycles. The van der Waals surface area contributed by atoms with Gasteiger partial charge in [-0.2, -0.15) is 0 Å². The summed E-state index contributed by atoms with van der Waals surface area (Å²) in [7, 11) is 0. The number of thiophene rings is 1. The molecule has 0 unspecified atom stereocenters. The second-order valence-electron chi connectivity index (χ2n) is 5.54. The highest BCUT2D eigenvalue weighted by Crippen LogP contribution is 2.27. The molecule has 0 aromatic carbocycles. The van der Waals surface area contributed by atoms with E-state index in [9.17, 15) is 14.4 Å². The Kier molecular flexibility index (Phi) is 4.30. The molecule has 1 aliphatic rings. The third-order valence-electron chi connectivity index (χ3n) is 3.86. The molecule has 2 aromatic heterocycles. The number of nitrogens with one attached hydrogen (secondary N) is 2. The van der Waals surface area contributed by atoms with Crippen molar-refractivity contribution in [2.45, 2.75) is 19.0 Å². The normalized spacial score (nSPS) is 20.1. The van der Waals surface area contributed by atoms with Crippen LogP contribution in [0.5, 0.6) is 0 Å². The average Bonchev–Trinajstić information content (AvgIpc) is 3.17. The van der Waals surface area contributed by atoms with Gasteiger partial charge >= 0.3 is 6.03 Å². The van der Waals surface area contributed by atoms with Crippen molar-refractivity contribution in [3.05, 3.63) is 52.5 Å². The largest absolute Gasteiger partial charge is 0.350 e. The lowest BCUT2D eigenvalue weighted by Crippen LogP contribution is -2.43. The highest BCUT2D eigenvalue weighted by Gasteiger charge is 2.49. The smallest absolute Gasteiger partial charge is 0.325 e. The van der Waals surface area contributed by atoms with E-state index in [2.05, 4.69) is 15.6 Å². The molecule has 7 nitrogen and oxygen atoms in total. The van der Waals surface area contributed by atoms with Crippen LogP contribution in [0.2, 0.25) is 0 Å². The predicted molar refractivity (Wildman–Crippen MR) is 88.0 cm³/mol. The molecule has 124 valence electrons. The van der Waals surface area contributed by atoms with Crippen LogP contribution in [0.15, 0.2) is 42.0 Å². The standard InChI is InChI=1S/C16H16N4O3S/c1-16(11-4-2-6-17-8-11)14(22)20(15(23)19-16)10-13(21)18-9-12-5-3-7-24-12/h2-8H,9-10H2,1H3,(H,18,21)(H,19,23)/t16-/m0/s1. The lowest BCUT2D eigenvalue weighted by atomic mass is 9.93. The number of pyridine rings is 1. The van der Waals surface area contributed by atoms with Crippen molar-refractivity contribution in [1.82, 2.24) is 20.5 Å². The van der Waals surface area contributed by atoms with Crippen LogP contribution in [0.1, 0.15) is 17.4 Å². The van der Waals surface area contributed by atoms with E-state index < -0.39 is 17.5 Å². The Morgan fingerprint density at radius 2 is 2.21 bits per heavy atom. The number of aromatic nitrogens is 1. The molecule has 2 aromatic rings. The summed E-state index contributed by atoms with van der Waals surface area (Å²) >= 11 is 1.52. The lowest BCUT2D eigenvalue weighted by molar-refractivity contribution is -0.134. The summed E-state index contributed by atoms with van der Waals surface area (Å²) in [6, 6.07) is 6.61. The van der Waals surface area contributed by atoms with Crippen molar-refractivity contribution < 1.29 is 14.4 Å². The zero-order valence-corrected chi connectivity index (χ0v) is 13.8. The fraction of sp³-hybridized carbons (Fsp3) is 0.250. The number of hydrogen-bond acceptors (Lipinski definition) is 5. The van der Waals surface area contributed by atoms with Crippen LogP contribution in [0.25, 0.3) is 0 Å². The minimum atomic E-state index is -1.21. The first-order valence-corrected chi connectivity index (χ1v) is 8.22. The van der Waals surface area contributed by atoms with Crippen molar-refractivity contribution in [3.63, 3.8) is 0 Å². The Morgan fingerprint density at radius 1 is 1.38 bits per heavy atom. The first-order chi connectivity index (χ1) is 11.5. The van der Waals surface area contributed by atoms with Gasteiger partial charge in [-0.25, -0.2) is 4.79 Å². The van der Waals surface area contributed by atoms with Crippen LogP contribution in [0.4, 0.5) is 4.79 Å². The van der Waals surface area contributed by atoms with Crippen LogP contribution in [0, 0.1) is 0 Å². The van der Waals surface area contributed by atoms with Crippen LogP contribution in [-0.4, -0.2) is 34.3 Å². The van der Waals surface area contributed by atoms with Crippen LogP contribution >= 0.6 is 11.3 Å². The zero-order chi connectivity index (χ0) is 17.2. The first-order valence-electron chi connectivity index (χ1n) is 7.34. The van der Waals surface area contributed by atoms with Gasteiger partial charge in [-0.15, -0.1) is 11.3 Å². The minimum absolute atomic E-state index is 0.314.